The molecule has 2 N–H and O–H groups in total. The highest BCUT2D eigenvalue weighted by Crippen LogP contribution is 2.37. The molecule has 0 aromatic rings. The number of aliphatic carboxylic acids is 1. The summed E-state index contributed by atoms with van der Waals surface area (Å²) in [6, 6.07) is 0.0399. The van der Waals surface area contributed by atoms with Gasteiger partial charge >= 0.3 is 5.97 Å². The first-order valence-electron chi connectivity index (χ1n) is 7.76. The summed E-state index contributed by atoms with van der Waals surface area (Å²) in [4.78, 5) is 22.8. The molecule has 0 spiro atoms. The lowest BCUT2D eigenvalue weighted by molar-refractivity contribution is -0.142. The highest BCUT2D eigenvalue weighted by Gasteiger charge is 2.35. The van der Waals surface area contributed by atoms with E-state index in [0.29, 0.717) is 44.9 Å². The molecule has 2 aliphatic rings. The van der Waals surface area contributed by atoms with E-state index in [9.17, 15) is 18.4 Å². The fourth-order valence-electron chi connectivity index (χ4n) is 3.34. The van der Waals surface area contributed by atoms with Crippen LogP contribution in [0.15, 0.2) is 0 Å². The predicted molar refractivity (Wildman–Crippen MR) is 73.0 cm³/mol. The second kappa shape index (κ2) is 6.71. The highest BCUT2D eigenvalue weighted by molar-refractivity contribution is 5.76. The minimum Gasteiger partial charge on any atom is -0.481 e. The third-order valence-corrected chi connectivity index (χ3v) is 4.75. The standard InChI is InChI=1S/C15H23F2NO3/c16-15(17)7-5-10(6-8-15)9-13(19)18-12-3-1-11(2-4-12)14(20)21/h10-12H,1-9H2,(H,18,19)(H,20,21). The maximum absolute atomic E-state index is 13.0. The molecule has 0 saturated heterocycles. The summed E-state index contributed by atoms with van der Waals surface area (Å²) in [6.07, 6.45) is 3.46. The number of hydrogen-bond acceptors (Lipinski definition) is 2. The Bertz CT molecular complexity index is 382. The molecule has 0 radical (unpaired) electrons. The lowest BCUT2D eigenvalue weighted by Crippen LogP contribution is -2.39. The largest absolute Gasteiger partial charge is 0.481 e. The molecule has 0 heterocycles. The number of carboxylic acid groups (broad SMARTS) is 1. The molecule has 4 nitrogen and oxygen atoms in total. The Kier molecular flexibility index (Phi) is 5.17. The van der Waals surface area contributed by atoms with Gasteiger partial charge in [0.05, 0.1) is 5.92 Å². The first-order chi connectivity index (χ1) is 9.85. The van der Waals surface area contributed by atoms with Crippen molar-refractivity contribution in [1.82, 2.24) is 5.32 Å². The zero-order valence-electron chi connectivity index (χ0n) is 12.1. The van der Waals surface area contributed by atoms with Gasteiger partial charge in [-0.3, -0.25) is 9.59 Å². The van der Waals surface area contributed by atoms with Crippen LogP contribution in [0.2, 0.25) is 0 Å². The molecule has 0 aromatic carbocycles. The number of nitrogens with one attached hydrogen (secondary N) is 1. The van der Waals surface area contributed by atoms with E-state index in [0.717, 1.165) is 0 Å². The predicted octanol–water partition coefficient (Wildman–Crippen LogP) is 2.96. The number of alkyl halides is 2. The fourth-order valence-corrected chi connectivity index (χ4v) is 3.34. The summed E-state index contributed by atoms with van der Waals surface area (Å²) in [5, 5.41) is 11.8. The van der Waals surface area contributed by atoms with Crippen molar-refractivity contribution in [1.29, 1.82) is 0 Å². The Balaban J connectivity index is 1.68. The van der Waals surface area contributed by atoms with Crippen LogP contribution in [0.25, 0.3) is 0 Å². The molecule has 0 unspecified atom stereocenters. The number of rotatable bonds is 4. The Morgan fingerprint density at radius 2 is 1.62 bits per heavy atom. The van der Waals surface area contributed by atoms with Gasteiger partial charge in [-0.15, -0.1) is 0 Å². The van der Waals surface area contributed by atoms with Crippen LogP contribution in [-0.4, -0.2) is 28.9 Å². The van der Waals surface area contributed by atoms with Crippen LogP contribution in [0.3, 0.4) is 0 Å². The second-order valence-electron chi connectivity index (χ2n) is 6.46. The van der Waals surface area contributed by atoms with Crippen LogP contribution in [-0.2, 0) is 9.59 Å². The zero-order valence-corrected chi connectivity index (χ0v) is 12.1. The Hall–Kier alpha value is -1.20. The van der Waals surface area contributed by atoms with Gasteiger partial charge in [0.2, 0.25) is 11.8 Å². The van der Waals surface area contributed by atoms with E-state index in [2.05, 4.69) is 5.32 Å². The Labute approximate surface area is 123 Å². The maximum atomic E-state index is 13.0. The number of hydrogen-bond donors (Lipinski definition) is 2. The van der Waals surface area contributed by atoms with E-state index in [1.54, 1.807) is 0 Å². The molecule has 0 bridgehead atoms. The van der Waals surface area contributed by atoms with Crippen molar-refractivity contribution in [3.63, 3.8) is 0 Å². The van der Waals surface area contributed by atoms with Gasteiger partial charge in [-0.25, -0.2) is 8.78 Å². The average Bonchev–Trinajstić information content (AvgIpc) is 2.42. The van der Waals surface area contributed by atoms with Gasteiger partial charge in [-0.2, -0.15) is 0 Å². The van der Waals surface area contributed by atoms with E-state index in [-0.39, 0.29) is 36.6 Å². The third-order valence-electron chi connectivity index (χ3n) is 4.75. The molecule has 6 heteroatoms. The fraction of sp³-hybridized carbons (Fsp3) is 0.867. The Morgan fingerprint density at radius 3 is 2.14 bits per heavy atom. The van der Waals surface area contributed by atoms with Gasteiger partial charge in [0.25, 0.3) is 0 Å². The van der Waals surface area contributed by atoms with E-state index in [1.807, 2.05) is 0 Å². The molecule has 0 atom stereocenters. The summed E-state index contributed by atoms with van der Waals surface area (Å²) < 4.78 is 26.1. The van der Waals surface area contributed by atoms with Crippen molar-refractivity contribution in [2.45, 2.75) is 69.8 Å². The molecule has 0 aliphatic heterocycles. The minimum atomic E-state index is -2.55. The summed E-state index contributed by atoms with van der Waals surface area (Å²) in [6.45, 7) is 0. The number of carbonyl (C=O) groups excluding carboxylic acids is 1. The molecule has 0 aromatic heterocycles. The Morgan fingerprint density at radius 1 is 1.05 bits per heavy atom. The molecule has 21 heavy (non-hydrogen) atoms. The summed E-state index contributed by atoms with van der Waals surface area (Å²) in [5.41, 5.74) is 0. The molecule has 2 aliphatic carbocycles. The number of halogens is 2. The van der Waals surface area contributed by atoms with Crippen LogP contribution < -0.4 is 5.32 Å². The molecule has 120 valence electrons. The first-order valence-corrected chi connectivity index (χ1v) is 7.76. The zero-order chi connectivity index (χ0) is 15.5. The van der Waals surface area contributed by atoms with Crippen LogP contribution in [0.5, 0.6) is 0 Å². The number of carboxylic acids is 1. The van der Waals surface area contributed by atoms with Crippen LogP contribution in [0.4, 0.5) is 8.78 Å². The van der Waals surface area contributed by atoms with Crippen molar-refractivity contribution in [3.8, 4) is 0 Å². The van der Waals surface area contributed by atoms with Crippen LogP contribution >= 0.6 is 0 Å². The van der Waals surface area contributed by atoms with E-state index in [4.69, 9.17) is 5.11 Å². The summed E-state index contributed by atoms with van der Waals surface area (Å²) in [7, 11) is 0. The van der Waals surface area contributed by atoms with E-state index >= 15 is 0 Å². The number of amides is 1. The van der Waals surface area contributed by atoms with Crippen LogP contribution in [0.1, 0.15) is 57.8 Å². The molecule has 1 amide bonds. The van der Waals surface area contributed by atoms with E-state index < -0.39 is 11.9 Å². The van der Waals surface area contributed by atoms with Crippen molar-refractivity contribution >= 4 is 11.9 Å². The summed E-state index contributed by atoms with van der Waals surface area (Å²) in [5.74, 6) is -3.63. The van der Waals surface area contributed by atoms with E-state index in [1.165, 1.54) is 0 Å². The van der Waals surface area contributed by atoms with Crippen molar-refractivity contribution in [2.24, 2.45) is 11.8 Å². The van der Waals surface area contributed by atoms with Crippen molar-refractivity contribution in [2.75, 3.05) is 0 Å². The SMILES string of the molecule is O=C(CC1CCC(F)(F)CC1)NC1CCC(C(=O)O)CC1. The monoisotopic (exact) mass is 303 g/mol. The van der Waals surface area contributed by atoms with Gasteiger partial charge in [-0.1, -0.05) is 0 Å². The smallest absolute Gasteiger partial charge is 0.306 e. The third kappa shape index (κ3) is 4.93. The van der Waals surface area contributed by atoms with Crippen molar-refractivity contribution < 1.29 is 23.5 Å². The molecular weight excluding hydrogens is 280 g/mol. The van der Waals surface area contributed by atoms with Gasteiger partial charge in [0, 0.05) is 25.3 Å². The maximum Gasteiger partial charge on any atom is 0.306 e. The lowest BCUT2D eigenvalue weighted by Gasteiger charge is -2.30. The van der Waals surface area contributed by atoms with Gasteiger partial charge in [0.15, 0.2) is 0 Å². The lowest BCUT2D eigenvalue weighted by atomic mass is 9.84. The topological polar surface area (TPSA) is 66.4 Å². The average molecular weight is 303 g/mol. The van der Waals surface area contributed by atoms with Crippen LogP contribution in [0, 0.1) is 11.8 Å². The van der Waals surface area contributed by atoms with Gasteiger partial charge in [0.1, 0.15) is 0 Å². The second-order valence-corrected chi connectivity index (χ2v) is 6.46. The molecule has 2 rings (SSSR count). The highest BCUT2D eigenvalue weighted by atomic mass is 19.3. The summed E-state index contributed by atoms with van der Waals surface area (Å²) >= 11 is 0. The normalized spacial score (nSPS) is 29.8. The molecule has 2 fully saturated rings. The molecule has 2 saturated carbocycles. The molecular formula is C15H23F2NO3. The van der Waals surface area contributed by atoms with Crippen molar-refractivity contribution in [3.05, 3.63) is 0 Å². The first kappa shape index (κ1) is 16.2. The van der Waals surface area contributed by atoms with Gasteiger partial charge in [-0.05, 0) is 44.4 Å². The quantitative estimate of drug-likeness (QED) is 0.839. The number of carbonyl (C=O) groups is 2. The van der Waals surface area contributed by atoms with Gasteiger partial charge < -0.3 is 10.4 Å². The minimum absolute atomic E-state index is 0.0399.